The summed E-state index contributed by atoms with van der Waals surface area (Å²) in [5.41, 5.74) is 9.27. The molecule has 0 bridgehead atoms. The van der Waals surface area contributed by atoms with Crippen molar-refractivity contribution in [1.29, 1.82) is 0 Å². The van der Waals surface area contributed by atoms with E-state index in [0.29, 0.717) is 6.61 Å². The highest BCUT2D eigenvalue weighted by Gasteiger charge is 2.23. The van der Waals surface area contributed by atoms with Crippen LogP contribution < -0.4 is 0 Å². The number of nitrogens with zero attached hydrogens (tertiary/aromatic N) is 3. The van der Waals surface area contributed by atoms with Crippen LogP contribution in [-0.2, 0) is 9.53 Å². The highest BCUT2D eigenvalue weighted by Crippen LogP contribution is 2.28. The number of carbonyl (C=O) groups excluding carboxylic acids is 1. The standard InChI is InChI=1S/C10H15N3O2/c1-2-15-10(14)9-5-3-8(4-6-9)7-12-13-11/h7,9H,2-6H2,1H3. The largest absolute Gasteiger partial charge is 0.466 e. The Balaban J connectivity index is 2.41. The quantitative estimate of drug-likeness (QED) is 0.310. The van der Waals surface area contributed by atoms with Gasteiger partial charge in [0.2, 0.25) is 0 Å². The van der Waals surface area contributed by atoms with Crippen LogP contribution in [0.25, 0.3) is 10.4 Å². The summed E-state index contributed by atoms with van der Waals surface area (Å²) < 4.78 is 4.96. The van der Waals surface area contributed by atoms with E-state index >= 15 is 0 Å². The maximum Gasteiger partial charge on any atom is 0.308 e. The fraction of sp³-hybridized carbons (Fsp3) is 0.700. The van der Waals surface area contributed by atoms with Crippen LogP contribution in [0.3, 0.4) is 0 Å². The first-order valence-electron chi connectivity index (χ1n) is 5.16. The zero-order valence-electron chi connectivity index (χ0n) is 8.85. The van der Waals surface area contributed by atoms with Gasteiger partial charge in [0.05, 0.1) is 12.5 Å². The second-order valence-electron chi connectivity index (χ2n) is 3.52. The van der Waals surface area contributed by atoms with Crippen molar-refractivity contribution < 1.29 is 9.53 Å². The van der Waals surface area contributed by atoms with Crippen LogP contribution in [-0.4, -0.2) is 12.6 Å². The molecule has 0 unspecified atom stereocenters. The van der Waals surface area contributed by atoms with Gasteiger partial charge in [-0.05, 0) is 38.1 Å². The average Bonchev–Trinajstić information content (AvgIpc) is 2.27. The van der Waals surface area contributed by atoms with E-state index in [9.17, 15) is 4.79 Å². The average molecular weight is 209 g/mol. The van der Waals surface area contributed by atoms with Crippen LogP contribution in [0.4, 0.5) is 0 Å². The third-order valence-corrected chi connectivity index (χ3v) is 2.54. The summed E-state index contributed by atoms with van der Waals surface area (Å²) in [6.07, 6.45) is 4.80. The first-order chi connectivity index (χ1) is 7.27. The molecule has 82 valence electrons. The minimum absolute atomic E-state index is 0.0214. The lowest BCUT2D eigenvalue weighted by atomic mass is 9.86. The van der Waals surface area contributed by atoms with Gasteiger partial charge in [-0.2, -0.15) is 0 Å². The van der Waals surface area contributed by atoms with Crippen molar-refractivity contribution in [2.75, 3.05) is 6.61 Å². The van der Waals surface area contributed by atoms with Crippen LogP contribution in [0, 0.1) is 5.92 Å². The van der Waals surface area contributed by atoms with E-state index in [-0.39, 0.29) is 11.9 Å². The Labute approximate surface area is 88.7 Å². The van der Waals surface area contributed by atoms with E-state index < -0.39 is 0 Å². The Hall–Kier alpha value is -1.48. The number of carbonyl (C=O) groups is 1. The summed E-state index contributed by atoms with van der Waals surface area (Å²) in [5, 5.41) is 3.40. The Morgan fingerprint density at radius 1 is 1.67 bits per heavy atom. The van der Waals surface area contributed by atoms with E-state index in [1.54, 1.807) is 6.20 Å². The van der Waals surface area contributed by atoms with Crippen molar-refractivity contribution >= 4 is 5.97 Å². The summed E-state index contributed by atoms with van der Waals surface area (Å²) >= 11 is 0. The molecule has 1 saturated carbocycles. The third-order valence-electron chi connectivity index (χ3n) is 2.54. The van der Waals surface area contributed by atoms with Crippen LogP contribution in [0.1, 0.15) is 32.6 Å². The molecule has 0 aromatic rings. The minimum atomic E-state index is -0.0969. The van der Waals surface area contributed by atoms with Crippen LogP contribution in [0.15, 0.2) is 16.9 Å². The van der Waals surface area contributed by atoms with Crippen LogP contribution in [0.5, 0.6) is 0 Å². The molecule has 0 atom stereocenters. The lowest BCUT2D eigenvalue weighted by molar-refractivity contribution is -0.148. The molecular formula is C10H15N3O2. The molecule has 0 radical (unpaired) electrons. The molecular weight excluding hydrogens is 194 g/mol. The molecule has 0 N–H and O–H groups in total. The van der Waals surface area contributed by atoms with Crippen molar-refractivity contribution in [2.24, 2.45) is 11.0 Å². The SMILES string of the molecule is CCOC(=O)C1CCC(=CN=[N+]=[N-])CC1. The molecule has 0 spiro atoms. The van der Waals surface area contributed by atoms with Gasteiger partial charge in [-0.1, -0.05) is 10.7 Å². The second-order valence-corrected chi connectivity index (χ2v) is 3.52. The predicted molar refractivity (Wildman–Crippen MR) is 55.8 cm³/mol. The molecule has 0 aliphatic heterocycles. The van der Waals surface area contributed by atoms with Gasteiger partial charge >= 0.3 is 5.97 Å². The molecule has 0 heterocycles. The van der Waals surface area contributed by atoms with Crippen LogP contribution >= 0.6 is 0 Å². The number of ether oxygens (including phenoxy) is 1. The molecule has 5 nitrogen and oxygen atoms in total. The molecule has 1 rings (SSSR count). The number of hydrogen-bond donors (Lipinski definition) is 0. The number of azide groups is 1. The summed E-state index contributed by atoms with van der Waals surface area (Å²) in [6.45, 7) is 2.25. The van der Waals surface area contributed by atoms with Gasteiger partial charge in [0.15, 0.2) is 0 Å². The molecule has 1 aliphatic rings. The zero-order valence-corrected chi connectivity index (χ0v) is 8.85. The Bertz CT molecular complexity index is 296. The van der Waals surface area contributed by atoms with E-state index in [2.05, 4.69) is 10.0 Å². The summed E-state index contributed by atoms with van der Waals surface area (Å²) in [6, 6.07) is 0. The van der Waals surface area contributed by atoms with E-state index in [1.165, 1.54) is 0 Å². The zero-order chi connectivity index (χ0) is 11.1. The summed E-state index contributed by atoms with van der Waals surface area (Å²) in [5.74, 6) is -0.0755. The molecule has 0 aromatic heterocycles. The van der Waals surface area contributed by atoms with Crippen molar-refractivity contribution in [3.8, 4) is 0 Å². The van der Waals surface area contributed by atoms with Crippen molar-refractivity contribution in [2.45, 2.75) is 32.6 Å². The molecule has 5 heteroatoms. The molecule has 1 fully saturated rings. The first-order valence-corrected chi connectivity index (χ1v) is 5.16. The van der Waals surface area contributed by atoms with Crippen molar-refractivity contribution in [1.82, 2.24) is 0 Å². The van der Waals surface area contributed by atoms with Crippen molar-refractivity contribution in [3.05, 3.63) is 22.2 Å². The molecule has 0 amide bonds. The second kappa shape index (κ2) is 6.09. The predicted octanol–water partition coefficient (Wildman–Crippen LogP) is 2.93. The maximum absolute atomic E-state index is 11.4. The highest BCUT2D eigenvalue weighted by molar-refractivity contribution is 5.72. The van der Waals surface area contributed by atoms with Crippen LogP contribution in [0.2, 0.25) is 0 Å². The lowest BCUT2D eigenvalue weighted by Crippen LogP contribution is -2.20. The third kappa shape index (κ3) is 3.64. The smallest absolute Gasteiger partial charge is 0.308 e. The molecule has 15 heavy (non-hydrogen) atoms. The number of allylic oxidation sites excluding steroid dienone is 1. The summed E-state index contributed by atoms with van der Waals surface area (Å²) in [4.78, 5) is 14.1. The van der Waals surface area contributed by atoms with Gasteiger partial charge in [0.1, 0.15) is 0 Å². The van der Waals surface area contributed by atoms with E-state index in [1.807, 2.05) is 6.92 Å². The molecule has 0 aromatic carbocycles. The first kappa shape index (κ1) is 11.6. The van der Waals surface area contributed by atoms with Crippen molar-refractivity contribution in [3.63, 3.8) is 0 Å². The Kier molecular flexibility index (Phi) is 4.71. The van der Waals surface area contributed by atoms with E-state index in [0.717, 1.165) is 31.3 Å². The lowest BCUT2D eigenvalue weighted by Gasteiger charge is -2.21. The Morgan fingerprint density at radius 2 is 2.33 bits per heavy atom. The number of rotatable bonds is 3. The fourth-order valence-electron chi connectivity index (χ4n) is 1.72. The maximum atomic E-state index is 11.4. The van der Waals surface area contributed by atoms with Gasteiger partial charge in [0, 0.05) is 11.1 Å². The monoisotopic (exact) mass is 209 g/mol. The fourth-order valence-corrected chi connectivity index (χ4v) is 1.72. The summed E-state index contributed by atoms with van der Waals surface area (Å²) in [7, 11) is 0. The number of hydrogen-bond acceptors (Lipinski definition) is 3. The Morgan fingerprint density at radius 3 is 2.87 bits per heavy atom. The van der Waals surface area contributed by atoms with Gasteiger partial charge in [-0.25, -0.2) is 0 Å². The topological polar surface area (TPSA) is 75.1 Å². The number of esters is 1. The van der Waals surface area contributed by atoms with Gasteiger partial charge in [-0.15, -0.1) is 0 Å². The normalized spacial score (nSPS) is 20.3. The highest BCUT2D eigenvalue weighted by atomic mass is 16.5. The van der Waals surface area contributed by atoms with Gasteiger partial charge in [0.25, 0.3) is 0 Å². The minimum Gasteiger partial charge on any atom is -0.466 e. The van der Waals surface area contributed by atoms with Gasteiger partial charge < -0.3 is 4.74 Å². The van der Waals surface area contributed by atoms with E-state index in [4.69, 9.17) is 10.3 Å². The molecule has 0 saturated heterocycles. The molecule has 1 aliphatic carbocycles. The van der Waals surface area contributed by atoms with Gasteiger partial charge in [-0.3, -0.25) is 4.79 Å².